The van der Waals surface area contributed by atoms with Gasteiger partial charge in [-0.25, -0.2) is 13.2 Å². The highest BCUT2D eigenvalue weighted by Gasteiger charge is 2.39. The van der Waals surface area contributed by atoms with E-state index in [1.54, 1.807) is 32.4 Å². The van der Waals surface area contributed by atoms with Gasteiger partial charge in [0.15, 0.2) is 0 Å². The van der Waals surface area contributed by atoms with E-state index in [0.717, 1.165) is 6.42 Å². The maximum Gasteiger partial charge on any atom is 0.341 e. The summed E-state index contributed by atoms with van der Waals surface area (Å²) in [6.45, 7) is 7.01. The predicted molar refractivity (Wildman–Crippen MR) is 138 cm³/mol. The molecule has 8 nitrogen and oxygen atoms in total. The first-order chi connectivity index (χ1) is 17.2. The van der Waals surface area contributed by atoms with Crippen molar-refractivity contribution >= 4 is 27.5 Å². The smallest absolute Gasteiger partial charge is 0.341 e. The molecule has 0 spiro atoms. The maximum atomic E-state index is 13.7. The van der Waals surface area contributed by atoms with Crippen LogP contribution in [0.1, 0.15) is 53.5 Å². The summed E-state index contributed by atoms with van der Waals surface area (Å²) in [6.07, 6.45) is 3.85. The number of rotatable bonds is 6. The molecule has 0 radical (unpaired) electrons. The molecule has 0 bridgehead atoms. The van der Waals surface area contributed by atoms with Gasteiger partial charge in [0.2, 0.25) is 15.9 Å². The van der Waals surface area contributed by atoms with Gasteiger partial charge in [-0.1, -0.05) is 36.4 Å². The van der Waals surface area contributed by atoms with Crippen molar-refractivity contribution in [2.75, 3.05) is 32.8 Å². The number of nitrogens with zero attached hydrogens (tertiary/aromatic N) is 3. The van der Waals surface area contributed by atoms with E-state index in [1.807, 2.05) is 23.1 Å². The number of aromatic nitrogens is 1. The molecule has 0 N–H and O–H groups in total. The van der Waals surface area contributed by atoms with Gasteiger partial charge in [-0.3, -0.25) is 4.79 Å². The Balaban J connectivity index is 1.44. The van der Waals surface area contributed by atoms with E-state index >= 15 is 0 Å². The zero-order chi connectivity index (χ0) is 26.0. The van der Waals surface area contributed by atoms with Gasteiger partial charge >= 0.3 is 5.97 Å². The minimum Gasteiger partial charge on any atom is -0.462 e. The summed E-state index contributed by atoms with van der Waals surface area (Å²) < 4.78 is 35.6. The molecule has 2 aromatic rings. The minimum absolute atomic E-state index is 0.0142. The Morgan fingerprint density at radius 3 is 2.28 bits per heavy atom. The number of hydrogen-bond acceptors (Lipinski definition) is 5. The van der Waals surface area contributed by atoms with Gasteiger partial charge in [0, 0.05) is 50.5 Å². The second-order valence-electron chi connectivity index (χ2n) is 9.46. The molecule has 0 aliphatic carbocycles. The minimum atomic E-state index is -3.92. The summed E-state index contributed by atoms with van der Waals surface area (Å²) in [5, 5.41) is 0. The molecule has 0 atom stereocenters. The standard InChI is InChI=1S/C27H35N3O5S/c1-5-35-27(32)24-19(2)28(4)20(3)25(24)36(33,34)30-17-13-23(14-18-30)26(31)29-15-11-22(12-16-29)21-9-7-6-8-10-21/h6-11,23H,5,12-18H2,1-4H3. The van der Waals surface area contributed by atoms with Crippen LogP contribution in [0.4, 0.5) is 0 Å². The summed E-state index contributed by atoms with van der Waals surface area (Å²) >= 11 is 0. The van der Waals surface area contributed by atoms with Gasteiger partial charge in [-0.15, -0.1) is 0 Å². The fourth-order valence-corrected chi connectivity index (χ4v) is 7.14. The second-order valence-corrected chi connectivity index (χ2v) is 11.3. The van der Waals surface area contributed by atoms with Crippen LogP contribution >= 0.6 is 0 Å². The van der Waals surface area contributed by atoms with Gasteiger partial charge in [0.05, 0.1) is 6.61 Å². The van der Waals surface area contributed by atoms with Crippen molar-refractivity contribution in [2.24, 2.45) is 13.0 Å². The molecule has 1 fully saturated rings. The third kappa shape index (κ3) is 4.86. The Morgan fingerprint density at radius 1 is 1.03 bits per heavy atom. The highest BCUT2D eigenvalue weighted by Crippen LogP contribution is 2.33. The van der Waals surface area contributed by atoms with Crippen molar-refractivity contribution in [1.29, 1.82) is 0 Å². The van der Waals surface area contributed by atoms with Gasteiger partial charge in [0.25, 0.3) is 0 Å². The molecule has 1 amide bonds. The average molecular weight is 514 g/mol. The van der Waals surface area contributed by atoms with E-state index < -0.39 is 16.0 Å². The lowest BCUT2D eigenvalue weighted by molar-refractivity contribution is -0.136. The van der Waals surface area contributed by atoms with Crippen LogP contribution in [0.15, 0.2) is 41.3 Å². The summed E-state index contributed by atoms with van der Waals surface area (Å²) in [5.41, 5.74) is 3.61. The van der Waals surface area contributed by atoms with Crippen LogP contribution in [0.2, 0.25) is 0 Å². The molecule has 4 rings (SSSR count). The molecule has 36 heavy (non-hydrogen) atoms. The van der Waals surface area contributed by atoms with Crippen LogP contribution in [-0.4, -0.2) is 66.9 Å². The third-order valence-electron chi connectivity index (χ3n) is 7.47. The SMILES string of the molecule is CCOC(=O)c1c(S(=O)(=O)N2CCC(C(=O)N3CC=C(c4ccccc4)CC3)CC2)c(C)n(C)c1C. The number of esters is 1. The highest BCUT2D eigenvalue weighted by atomic mass is 32.2. The first-order valence-electron chi connectivity index (χ1n) is 12.5. The van der Waals surface area contributed by atoms with Crippen molar-refractivity contribution in [3.63, 3.8) is 0 Å². The van der Waals surface area contributed by atoms with Crippen molar-refractivity contribution < 1.29 is 22.7 Å². The molecule has 194 valence electrons. The summed E-state index contributed by atoms with van der Waals surface area (Å²) in [5.74, 6) is -0.740. The van der Waals surface area contributed by atoms with Crippen LogP contribution in [0.5, 0.6) is 0 Å². The number of carbonyl (C=O) groups excluding carboxylic acids is 2. The Bertz CT molecular complexity index is 1270. The van der Waals surface area contributed by atoms with Crippen molar-refractivity contribution in [3.05, 3.63) is 58.9 Å². The average Bonchev–Trinajstić information content (AvgIpc) is 3.13. The normalized spacial score (nSPS) is 17.7. The summed E-state index contributed by atoms with van der Waals surface area (Å²) in [7, 11) is -2.18. The summed E-state index contributed by atoms with van der Waals surface area (Å²) in [4.78, 5) is 27.7. The first-order valence-corrected chi connectivity index (χ1v) is 14.0. The fraction of sp³-hybridized carbons (Fsp3) is 0.481. The number of ether oxygens (including phenoxy) is 1. The van der Waals surface area contributed by atoms with Gasteiger partial charge in [-0.05, 0) is 51.2 Å². The molecule has 2 aliphatic heterocycles. The largest absolute Gasteiger partial charge is 0.462 e. The molecule has 3 heterocycles. The monoisotopic (exact) mass is 513 g/mol. The zero-order valence-corrected chi connectivity index (χ0v) is 22.3. The Kier molecular flexibility index (Phi) is 7.70. The van der Waals surface area contributed by atoms with E-state index in [2.05, 4.69) is 18.2 Å². The van der Waals surface area contributed by atoms with E-state index in [9.17, 15) is 18.0 Å². The van der Waals surface area contributed by atoms with E-state index in [1.165, 1.54) is 15.4 Å². The number of benzene rings is 1. The zero-order valence-electron chi connectivity index (χ0n) is 21.5. The molecular formula is C27H35N3O5S. The quantitative estimate of drug-likeness (QED) is 0.552. The Hall–Kier alpha value is -2.91. The number of piperidine rings is 1. The van der Waals surface area contributed by atoms with Crippen LogP contribution in [-0.2, 0) is 26.6 Å². The highest BCUT2D eigenvalue weighted by molar-refractivity contribution is 7.89. The molecule has 0 saturated carbocycles. The third-order valence-corrected chi connectivity index (χ3v) is 9.53. The van der Waals surface area contributed by atoms with E-state index in [-0.39, 0.29) is 42.0 Å². The van der Waals surface area contributed by atoms with Crippen LogP contribution < -0.4 is 0 Å². The van der Waals surface area contributed by atoms with Crippen LogP contribution in [0, 0.1) is 19.8 Å². The molecular weight excluding hydrogens is 478 g/mol. The van der Waals surface area contributed by atoms with E-state index in [0.29, 0.717) is 37.3 Å². The number of amides is 1. The molecule has 0 unspecified atom stereocenters. The fourth-order valence-electron chi connectivity index (χ4n) is 5.19. The number of sulfonamides is 1. The van der Waals surface area contributed by atoms with Gasteiger partial charge in [-0.2, -0.15) is 4.31 Å². The molecule has 1 saturated heterocycles. The molecule has 2 aliphatic rings. The predicted octanol–water partition coefficient (Wildman–Crippen LogP) is 3.54. The topological polar surface area (TPSA) is 88.9 Å². The van der Waals surface area contributed by atoms with Crippen LogP contribution in [0.25, 0.3) is 5.57 Å². The molecule has 1 aromatic heterocycles. The maximum absolute atomic E-state index is 13.7. The Labute approximate surface area is 213 Å². The summed E-state index contributed by atoms with van der Waals surface area (Å²) in [6, 6.07) is 10.2. The Morgan fingerprint density at radius 2 is 1.69 bits per heavy atom. The number of hydrogen-bond donors (Lipinski definition) is 0. The first kappa shape index (κ1) is 26.2. The lowest BCUT2D eigenvalue weighted by Crippen LogP contribution is -2.45. The van der Waals surface area contributed by atoms with Gasteiger partial charge in [0.1, 0.15) is 10.5 Å². The number of carbonyl (C=O) groups is 2. The van der Waals surface area contributed by atoms with Crippen molar-refractivity contribution in [3.8, 4) is 0 Å². The second kappa shape index (κ2) is 10.6. The van der Waals surface area contributed by atoms with Crippen molar-refractivity contribution in [1.82, 2.24) is 13.8 Å². The van der Waals surface area contributed by atoms with Crippen molar-refractivity contribution in [2.45, 2.75) is 44.9 Å². The van der Waals surface area contributed by atoms with E-state index in [4.69, 9.17) is 4.74 Å². The molecule has 9 heteroatoms. The molecule has 1 aromatic carbocycles. The van der Waals surface area contributed by atoms with Crippen LogP contribution in [0.3, 0.4) is 0 Å². The van der Waals surface area contributed by atoms with Gasteiger partial charge < -0.3 is 14.2 Å². The lowest BCUT2D eigenvalue weighted by atomic mass is 9.94. The lowest BCUT2D eigenvalue weighted by Gasteiger charge is -2.35.